The Morgan fingerprint density at radius 2 is 1.96 bits per heavy atom. The summed E-state index contributed by atoms with van der Waals surface area (Å²) in [5.41, 5.74) is 0.887. The normalized spacial score (nSPS) is 16.6. The SMILES string of the molecule is O=C(COc1ccccc1F)N1N=C(c2cccs2)CC1c1cccs1. The van der Waals surface area contributed by atoms with Gasteiger partial charge in [-0.05, 0) is 35.0 Å². The van der Waals surface area contributed by atoms with Crippen molar-refractivity contribution in [3.8, 4) is 5.75 Å². The number of para-hydroxylation sites is 1. The third-order valence-electron chi connectivity index (χ3n) is 4.03. The van der Waals surface area contributed by atoms with Gasteiger partial charge >= 0.3 is 0 Å². The number of carbonyl (C=O) groups is 1. The second kappa shape index (κ2) is 7.39. The summed E-state index contributed by atoms with van der Waals surface area (Å²) in [5.74, 6) is -0.715. The average molecular weight is 386 g/mol. The topological polar surface area (TPSA) is 41.9 Å². The molecule has 3 heterocycles. The molecule has 1 aliphatic rings. The van der Waals surface area contributed by atoms with Crippen molar-refractivity contribution in [3.05, 3.63) is 74.9 Å². The Kier molecular flexibility index (Phi) is 4.81. The van der Waals surface area contributed by atoms with Crippen molar-refractivity contribution in [3.63, 3.8) is 0 Å². The lowest BCUT2D eigenvalue weighted by Gasteiger charge is -2.20. The molecule has 0 radical (unpaired) electrons. The fourth-order valence-electron chi connectivity index (χ4n) is 2.80. The molecular weight excluding hydrogens is 371 g/mol. The molecule has 1 unspecified atom stereocenters. The summed E-state index contributed by atoms with van der Waals surface area (Å²) < 4.78 is 19.1. The van der Waals surface area contributed by atoms with Gasteiger partial charge in [0.1, 0.15) is 0 Å². The number of hydrogen-bond acceptors (Lipinski definition) is 5. The molecule has 0 N–H and O–H groups in total. The van der Waals surface area contributed by atoms with Crippen LogP contribution in [0, 0.1) is 5.82 Å². The molecule has 132 valence electrons. The minimum atomic E-state index is -0.487. The molecule has 0 spiro atoms. The first-order valence-corrected chi connectivity index (χ1v) is 9.82. The van der Waals surface area contributed by atoms with E-state index in [0.29, 0.717) is 6.42 Å². The zero-order valence-corrected chi connectivity index (χ0v) is 15.3. The van der Waals surface area contributed by atoms with E-state index in [1.807, 2.05) is 35.0 Å². The molecule has 1 amide bonds. The molecule has 3 aromatic rings. The highest BCUT2D eigenvalue weighted by atomic mass is 32.1. The van der Waals surface area contributed by atoms with Gasteiger partial charge in [0, 0.05) is 11.3 Å². The zero-order chi connectivity index (χ0) is 17.9. The molecule has 0 fully saturated rings. The molecule has 26 heavy (non-hydrogen) atoms. The fraction of sp³-hybridized carbons (Fsp3) is 0.158. The lowest BCUT2D eigenvalue weighted by Crippen LogP contribution is -2.31. The van der Waals surface area contributed by atoms with Crippen LogP contribution >= 0.6 is 22.7 Å². The number of amides is 1. The van der Waals surface area contributed by atoms with Gasteiger partial charge in [0.25, 0.3) is 5.91 Å². The van der Waals surface area contributed by atoms with Crippen LogP contribution in [0.2, 0.25) is 0 Å². The smallest absolute Gasteiger partial charge is 0.281 e. The maximum Gasteiger partial charge on any atom is 0.281 e. The lowest BCUT2D eigenvalue weighted by molar-refractivity contribution is -0.135. The van der Waals surface area contributed by atoms with Crippen LogP contribution in [0.1, 0.15) is 22.2 Å². The van der Waals surface area contributed by atoms with E-state index in [-0.39, 0.29) is 24.3 Å². The maximum absolute atomic E-state index is 13.7. The maximum atomic E-state index is 13.7. The van der Waals surface area contributed by atoms with E-state index in [0.717, 1.165) is 15.5 Å². The molecule has 4 rings (SSSR count). The molecule has 0 saturated carbocycles. The highest BCUT2D eigenvalue weighted by Crippen LogP contribution is 2.36. The molecule has 1 aromatic carbocycles. The monoisotopic (exact) mass is 386 g/mol. The first-order chi connectivity index (χ1) is 12.7. The van der Waals surface area contributed by atoms with Crippen LogP contribution in [0.4, 0.5) is 4.39 Å². The van der Waals surface area contributed by atoms with Gasteiger partial charge in [-0.25, -0.2) is 9.40 Å². The van der Waals surface area contributed by atoms with E-state index in [2.05, 4.69) is 5.10 Å². The van der Waals surface area contributed by atoms with E-state index in [1.54, 1.807) is 34.8 Å². The zero-order valence-electron chi connectivity index (χ0n) is 13.7. The van der Waals surface area contributed by atoms with Gasteiger partial charge < -0.3 is 4.74 Å². The van der Waals surface area contributed by atoms with Gasteiger partial charge in [-0.15, -0.1) is 22.7 Å². The third kappa shape index (κ3) is 3.40. The number of hydrazone groups is 1. The Morgan fingerprint density at radius 1 is 1.15 bits per heavy atom. The Balaban J connectivity index is 1.54. The molecule has 1 atom stereocenters. The number of carbonyl (C=O) groups excluding carboxylic acids is 1. The number of hydrogen-bond donors (Lipinski definition) is 0. The van der Waals surface area contributed by atoms with Gasteiger partial charge in [-0.2, -0.15) is 5.10 Å². The average Bonchev–Trinajstić information content (AvgIpc) is 3.41. The molecule has 1 aliphatic heterocycles. The number of thiophene rings is 2. The van der Waals surface area contributed by atoms with Crippen LogP contribution in [-0.4, -0.2) is 23.2 Å². The van der Waals surface area contributed by atoms with Crippen LogP contribution in [0.25, 0.3) is 0 Å². The van der Waals surface area contributed by atoms with Crippen molar-refractivity contribution in [1.29, 1.82) is 0 Å². The third-order valence-corrected chi connectivity index (χ3v) is 5.92. The number of nitrogens with zero attached hydrogens (tertiary/aromatic N) is 2. The minimum absolute atomic E-state index is 0.0650. The number of halogens is 1. The van der Waals surface area contributed by atoms with E-state index < -0.39 is 5.82 Å². The van der Waals surface area contributed by atoms with Crippen molar-refractivity contribution >= 4 is 34.3 Å². The Bertz CT molecular complexity index is 923. The van der Waals surface area contributed by atoms with Crippen LogP contribution in [0.15, 0.2) is 64.4 Å². The summed E-state index contributed by atoms with van der Waals surface area (Å²) in [7, 11) is 0. The summed E-state index contributed by atoms with van der Waals surface area (Å²) in [6.45, 7) is -0.260. The van der Waals surface area contributed by atoms with Crippen molar-refractivity contribution in [2.75, 3.05) is 6.61 Å². The molecule has 0 saturated heterocycles. The van der Waals surface area contributed by atoms with E-state index in [9.17, 15) is 9.18 Å². The van der Waals surface area contributed by atoms with Gasteiger partial charge in [-0.3, -0.25) is 4.79 Å². The second-order valence-electron chi connectivity index (χ2n) is 5.72. The second-order valence-corrected chi connectivity index (χ2v) is 7.64. The number of ether oxygens (including phenoxy) is 1. The van der Waals surface area contributed by atoms with Crippen molar-refractivity contribution < 1.29 is 13.9 Å². The highest BCUT2D eigenvalue weighted by molar-refractivity contribution is 7.12. The van der Waals surface area contributed by atoms with Crippen LogP contribution in [0.5, 0.6) is 5.75 Å². The van der Waals surface area contributed by atoms with Gasteiger partial charge in [0.2, 0.25) is 0 Å². The molecular formula is C19H15FN2O2S2. The van der Waals surface area contributed by atoms with Crippen LogP contribution in [0.3, 0.4) is 0 Å². The molecule has 0 aliphatic carbocycles. The Morgan fingerprint density at radius 3 is 2.69 bits per heavy atom. The fourth-order valence-corrected chi connectivity index (χ4v) is 4.33. The summed E-state index contributed by atoms with van der Waals surface area (Å²) in [6, 6.07) is 13.8. The first kappa shape index (κ1) is 16.9. The molecule has 0 bridgehead atoms. The van der Waals surface area contributed by atoms with E-state index in [1.165, 1.54) is 17.1 Å². The predicted octanol–water partition coefficient (Wildman–Crippen LogP) is 4.71. The van der Waals surface area contributed by atoms with Gasteiger partial charge in [-0.1, -0.05) is 24.3 Å². The van der Waals surface area contributed by atoms with Crippen LogP contribution < -0.4 is 4.74 Å². The highest BCUT2D eigenvalue weighted by Gasteiger charge is 2.34. The predicted molar refractivity (Wildman–Crippen MR) is 101 cm³/mol. The van der Waals surface area contributed by atoms with E-state index in [4.69, 9.17) is 4.74 Å². The van der Waals surface area contributed by atoms with Gasteiger partial charge in [0.15, 0.2) is 18.2 Å². The quantitative estimate of drug-likeness (QED) is 0.637. The minimum Gasteiger partial charge on any atom is -0.481 e. The van der Waals surface area contributed by atoms with Gasteiger partial charge in [0.05, 0.1) is 16.6 Å². The van der Waals surface area contributed by atoms with Crippen molar-refractivity contribution in [2.45, 2.75) is 12.5 Å². The standard InChI is InChI=1S/C19H15FN2O2S2/c20-13-5-1-2-6-16(13)24-12-19(23)22-15(18-8-4-10-26-18)11-14(21-22)17-7-3-9-25-17/h1-10,15H,11-12H2. The van der Waals surface area contributed by atoms with Crippen molar-refractivity contribution in [1.82, 2.24) is 5.01 Å². The Labute approximate surface area is 158 Å². The molecule has 4 nitrogen and oxygen atoms in total. The lowest BCUT2D eigenvalue weighted by atomic mass is 10.1. The van der Waals surface area contributed by atoms with Crippen molar-refractivity contribution in [2.24, 2.45) is 5.10 Å². The van der Waals surface area contributed by atoms with E-state index >= 15 is 0 Å². The van der Waals surface area contributed by atoms with Crippen LogP contribution in [-0.2, 0) is 4.79 Å². The Hall–Kier alpha value is -2.51. The largest absolute Gasteiger partial charge is 0.481 e. The molecule has 7 heteroatoms. The summed E-state index contributed by atoms with van der Waals surface area (Å²) in [4.78, 5) is 14.9. The summed E-state index contributed by atoms with van der Waals surface area (Å²) in [6.07, 6.45) is 0.659. The molecule has 2 aromatic heterocycles. The summed E-state index contributed by atoms with van der Waals surface area (Å²) in [5, 5.41) is 9.99. The summed E-state index contributed by atoms with van der Waals surface area (Å²) >= 11 is 3.19. The first-order valence-electron chi connectivity index (χ1n) is 8.06. The number of benzene rings is 1. The number of rotatable bonds is 5.